The second-order valence-electron chi connectivity index (χ2n) is 8.26. The first-order valence-corrected chi connectivity index (χ1v) is 11.1. The van der Waals surface area contributed by atoms with E-state index in [4.69, 9.17) is 19.6 Å². The second-order valence-corrected chi connectivity index (χ2v) is 8.26. The zero-order valence-corrected chi connectivity index (χ0v) is 17.9. The molecule has 6 heteroatoms. The largest absolute Gasteiger partial charge is 0.494 e. The third-order valence-corrected chi connectivity index (χ3v) is 6.06. The van der Waals surface area contributed by atoms with Gasteiger partial charge < -0.3 is 19.9 Å². The Hall–Kier alpha value is -2.34. The number of aliphatic hydroxyl groups is 1. The molecule has 1 heterocycles. The fourth-order valence-corrected chi connectivity index (χ4v) is 4.19. The van der Waals surface area contributed by atoms with Gasteiger partial charge in [-0.3, -0.25) is 4.79 Å². The topological polar surface area (TPSA) is 80.2 Å². The summed E-state index contributed by atoms with van der Waals surface area (Å²) in [5.74, 6) is 1.67. The van der Waals surface area contributed by atoms with Gasteiger partial charge >= 0.3 is 0 Å². The van der Waals surface area contributed by atoms with Gasteiger partial charge in [-0.05, 0) is 49.9 Å². The average Bonchev–Trinajstić information content (AvgIpc) is 3.11. The van der Waals surface area contributed by atoms with Crippen molar-refractivity contribution in [2.45, 2.75) is 63.5 Å². The number of nitrogens with one attached hydrogen (secondary N) is 1. The van der Waals surface area contributed by atoms with Gasteiger partial charge in [0.1, 0.15) is 11.9 Å². The summed E-state index contributed by atoms with van der Waals surface area (Å²) in [6.45, 7) is 7.01. The molecule has 1 fully saturated rings. The van der Waals surface area contributed by atoms with Gasteiger partial charge in [-0.1, -0.05) is 25.3 Å². The molecule has 2 atom stereocenters. The highest BCUT2D eigenvalue weighted by atomic mass is 16.5. The van der Waals surface area contributed by atoms with Gasteiger partial charge in [0.2, 0.25) is 5.90 Å². The third kappa shape index (κ3) is 5.22. The van der Waals surface area contributed by atoms with E-state index in [0.29, 0.717) is 37.8 Å². The summed E-state index contributed by atoms with van der Waals surface area (Å²) >= 11 is 0. The Morgan fingerprint density at radius 1 is 1.33 bits per heavy atom. The van der Waals surface area contributed by atoms with E-state index in [9.17, 15) is 4.79 Å². The number of nitrogens with zero attached hydrogens (tertiary/aromatic N) is 1. The first kappa shape index (κ1) is 22.3. The van der Waals surface area contributed by atoms with E-state index in [1.807, 2.05) is 31.2 Å². The summed E-state index contributed by atoms with van der Waals surface area (Å²) in [4.78, 5) is 18.0. The van der Waals surface area contributed by atoms with Gasteiger partial charge in [-0.2, -0.15) is 0 Å². The molecule has 2 N–H and O–H groups in total. The van der Waals surface area contributed by atoms with Crippen molar-refractivity contribution in [3.05, 3.63) is 42.5 Å². The highest BCUT2D eigenvalue weighted by molar-refractivity contribution is 6.00. The van der Waals surface area contributed by atoms with E-state index >= 15 is 0 Å². The van der Waals surface area contributed by atoms with Gasteiger partial charge in [0.15, 0.2) is 5.54 Å². The minimum atomic E-state index is -0.984. The molecule has 0 saturated heterocycles. The van der Waals surface area contributed by atoms with Crippen LogP contribution in [0.25, 0.3) is 0 Å². The number of benzene rings is 1. The Bertz CT molecular complexity index is 740. The smallest absolute Gasteiger partial charge is 0.252 e. The molecule has 164 valence electrons. The fourth-order valence-electron chi connectivity index (χ4n) is 4.19. The van der Waals surface area contributed by atoms with Crippen molar-refractivity contribution in [3.63, 3.8) is 0 Å². The van der Waals surface area contributed by atoms with Crippen LogP contribution >= 0.6 is 0 Å². The van der Waals surface area contributed by atoms with E-state index in [2.05, 4.69) is 11.9 Å². The number of carbonyl (C=O) groups is 1. The van der Waals surface area contributed by atoms with Crippen molar-refractivity contribution in [2.75, 3.05) is 19.8 Å². The van der Waals surface area contributed by atoms with Crippen LogP contribution in [0.15, 0.2) is 41.9 Å². The lowest BCUT2D eigenvalue weighted by Crippen LogP contribution is -2.51. The molecule has 1 aromatic carbocycles. The van der Waals surface area contributed by atoms with Crippen molar-refractivity contribution in [3.8, 4) is 5.75 Å². The van der Waals surface area contributed by atoms with Crippen LogP contribution in [-0.2, 0) is 9.53 Å². The highest BCUT2D eigenvalue weighted by Gasteiger charge is 2.49. The molecule has 0 bridgehead atoms. The Kier molecular flexibility index (Phi) is 7.91. The number of carbonyl (C=O) groups excluding carboxylic acids is 1. The highest BCUT2D eigenvalue weighted by Crippen LogP contribution is 2.33. The standard InChI is InChI=1S/C24H34N2O4/c1-3-14-24(23(28)25-17-19-8-5-4-6-9-19)18(2)30-22(26-24)20-10-12-21(13-11-20)29-16-7-15-27/h3,10-13,18-19,27H,1,4-9,14-17H2,2H3,(H,25,28)/t18-,24-/m1/s1. The van der Waals surface area contributed by atoms with Gasteiger partial charge in [-0.25, -0.2) is 4.99 Å². The second kappa shape index (κ2) is 10.6. The molecule has 3 rings (SSSR count). The molecule has 1 aromatic rings. The van der Waals surface area contributed by atoms with Gasteiger partial charge in [-0.15, -0.1) is 6.58 Å². The maximum absolute atomic E-state index is 13.2. The molecule has 2 aliphatic rings. The molecule has 1 aliphatic carbocycles. The van der Waals surface area contributed by atoms with Crippen LogP contribution in [0.4, 0.5) is 0 Å². The number of hydrogen-bond acceptors (Lipinski definition) is 5. The number of ether oxygens (including phenoxy) is 2. The number of aliphatic imine (C=N–C) groups is 1. The maximum atomic E-state index is 13.2. The summed E-state index contributed by atoms with van der Waals surface area (Å²) in [6.07, 6.45) is 8.55. The van der Waals surface area contributed by atoms with Crippen LogP contribution in [0.1, 0.15) is 57.4 Å². The van der Waals surface area contributed by atoms with Crippen LogP contribution in [0, 0.1) is 5.92 Å². The lowest BCUT2D eigenvalue weighted by molar-refractivity contribution is -0.128. The predicted molar refractivity (Wildman–Crippen MR) is 118 cm³/mol. The van der Waals surface area contributed by atoms with Gasteiger partial charge in [0.05, 0.1) is 6.61 Å². The first-order chi connectivity index (χ1) is 14.6. The summed E-state index contributed by atoms with van der Waals surface area (Å²) in [5.41, 5.74) is -0.176. The zero-order valence-electron chi connectivity index (χ0n) is 17.9. The Morgan fingerprint density at radius 3 is 2.73 bits per heavy atom. The van der Waals surface area contributed by atoms with Crippen LogP contribution in [-0.4, -0.2) is 48.3 Å². The zero-order chi connectivity index (χ0) is 21.4. The fraction of sp³-hybridized carbons (Fsp3) is 0.583. The van der Waals surface area contributed by atoms with Crippen LogP contribution in [0.2, 0.25) is 0 Å². The molecule has 30 heavy (non-hydrogen) atoms. The minimum Gasteiger partial charge on any atom is -0.494 e. The van der Waals surface area contributed by atoms with E-state index < -0.39 is 5.54 Å². The first-order valence-electron chi connectivity index (χ1n) is 11.1. The normalized spacial score (nSPS) is 24.1. The molecule has 0 radical (unpaired) electrons. The van der Waals surface area contributed by atoms with Crippen LogP contribution in [0.3, 0.4) is 0 Å². The van der Waals surface area contributed by atoms with E-state index in [-0.39, 0.29) is 18.6 Å². The minimum absolute atomic E-state index is 0.0839. The molecule has 0 spiro atoms. The molecule has 1 saturated carbocycles. The summed E-state index contributed by atoms with van der Waals surface area (Å²) < 4.78 is 11.6. The molecule has 6 nitrogen and oxygen atoms in total. The SMILES string of the molecule is C=CC[C@@]1(C(=O)NCC2CCCCC2)N=C(c2ccc(OCCCO)cc2)O[C@@H]1C. The third-order valence-electron chi connectivity index (χ3n) is 6.06. The van der Waals surface area contributed by atoms with E-state index in [1.54, 1.807) is 6.08 Å². The van der Waals surface area contributed by atoms with Crippen molar-refractivity contribution in [1.29, 1.82) is 0 Å². The molecule has 0 unspecified atom stereocenters. The average molecular weight is 415 g/mol. The predicted octanol–water partition coefficient (Wildman–Crippen LogP) is 3.62. The number of hydrogen-bond donors (Lipinski definition) is 2. The Balaban J connectivity index is 1.70. The number of amides is 1. The maximum Gasteiger partial charge on any atom is 0.252 e. The molecular formula is C24H34N2O4. The van der Waals surface area contributed by atoms with Crippen LogP contribution < -0.4 is 10.1 Å². The van der Waals surface area contributed by atoms with Crippen molar-refractivity contribution >= 4 is 11.8 Å². The Labute approximate surface area is 179 Å². The monoisotopic (exact) mass is 414 g/mol. The lowest BCUT2D eigenvalue weighted by Gasteiger charge is -2.29. The van der Waals surface area contributed by atoms with Gasteiger partial charge in [0.25, 0.3) is 5.91 Å². The van der Waals surface area contributed by atoms with E-state index in [0.717, 1.165) is 11.3 Å². The van der Waals surface area contributed by atoms with Crippen molar-refractivity contribution in [1.82, 2.24) is 5.32 Å². The number of aliphatic hydroxyl groups excluding tert-OH is 1. The summed E-state index contributed by atoms with van der Waals surface area (Å²) in [7, 11) is 0. The summed E-state index contributed by atoms with van der Waals surface area (Å²) in [5, 5.41) is 12.0. The number of rotatable bonds is 10. The Morgan fingerprint density at radius 2 is 2.07 bits per heavy atom. The van der Waals surface area contributed by atoms with Gasteiger partial charge in [0, 0.05) is 31.6 Å². The molecule has 1 amide bonds. The molecule has 1 aliphatic heterocycles. The van der Waals surface area contributed by atoms with E-state index in [1.165, 1.54) is 32.1 Å². The van der Waals surface area contributed by atoms with Crippen molar-refractivity contribution < 1.29 is 19.4 Å². The summed E-state index contributed by atoms with van der Waals surface area (Å²) in [6, 6.07) is 7.45. The van der Waals surface area contributed by atoms with Crippen molar-refractivity contribution in [2.24, 2.45) is 10.9 Å². The molecular weight excluding hydrogens is 380 g/mol. The molecule has 0 aromatic heterocycles. The van der Waals surface area contributed by atoms with Crippen LogP contribution in [0.5, 0.6) is 5.75 Å². The lowest BCUT2D eigenvalue weighted by atomic mass is 9.87. The quantitative estimate of drug-likeness (QED) is 0.453.